The minimum atomic E-state index is -0.158. The van der Waals surface area contributed by atoms with Crippen LogP contribution in [0.1, 0.15) is 11.1 Å². The van der Waals surface area contributed by atoms with Crippen LogP contribution in [0.4, 0.5) is 5.69 Å². The fourth-order valence-electron chi connectivity index (χ4n) is 1.79. The van der Waals surface area contributed by atoms with Gasteiger partial charge in [-0.1, -0.05) is 48.0 Å². The number of anilines is 1. The number of rotatable bonds is 4. The third-order valence-electron chi connectivity index (χ3n) is 2.77. The molecule has 98 valence electrons. The lowest BCUT2D eigenvalue weighted by atomic mass is 10.1. The largest absolute Gasteiger partial charge is 0.392 e. The summed E-state index contributed by atoms with van der Waals surface area (Å²) in [6.07, 6.45) is 0.208. The van der Waals surface area contributed by atoms with Crippen molar-refractivity contribution in [2.75, 3.05) is 5.32 Å². The molecule has 2 rings (SSSR count). The van der Waals surface area contributed by atoms with Crippen LogP contribution >= 0.6 is 11.6 Å². The Hall–Kier alpha value is -1.84. The molecule has 19 heavy (non-hydrogen) atoms. The highest BCUT2D eigenvalue weighted by Gasteiger charge is 2.08. The van der Waals surface area contributed by atoms with Crippen molar-refractivity contribution in [3.8, 4) is 0 Å². The Labute approximate surface area is 116 Å². The Bertz CT molecular complexity index is 584. The topological polar surface area (TPSA) is 49.3 Å². The summed E-state index contributed by atoms with van der Waals surface area (Å²) in [4.78, 5) is 12.0. The molecule has 0 unspecified atom stereocenters. The molecule has 0 aliphatic rings. The molecule has 1 amide bonds. The van der Waals surface area contributed by atoms with E-state index >= 15 is 0 Å². The number of aliphatic hydroxyl groups excluding tert-OH is 1. The summed E-state index contributed by atoms with van der Waals surface area (Å²) in [6, 6.07) is 14.4. The minimum absolute atomic E-state index is 0.109. The van der Waals surface area contributed by atoms with Gasteiger partial charge in [0.2, 0.25) is 5.91 Å². The molecule has 3 nitrogen and oxygen atoms in total. The molecular formula is C15H14ClNO2. The monoisotopic (exact) mass is 275 g/mol. The molecule has 4 heteroatoms. The summed E-state index contributed by atoms with van der Waals surface area (Å²) in [7, 11) is 0. The van der Waals surface area contributed by atoms with Crippen LogP contribution in [0, 0.1) is 0 Å². The number of carbonyl (C=O) groups is 1. The van der Waals surface area contributed by atoms with Gasteiger partial charge in [-0.2, -0.15) is 0 Å². The van der Waals surface area contributed by atoms with Crippen LogP contribution in [-0.2, 0) is 17.8 Å². The molecule has 0 bridgehead atoms. The number of aliphatic hydroxyl groups is 1. The van der Waals surface area contributed by atoms with E-state index in [0.717, 1.165) is 5.56 Å². The van der Waals surface area contributed by atoms with E-state index in [1.54, 1.807) is 18.2 Å². The molecule has 0 heterocycles. The van der Waals surface area contributed by atoms with Crippen LogP contribution < -0.4 is 5.32 Å². The zero-order valence-corrected chi connectivity index (χ0v) is 11.0. The lowest BCUT2D eigenvalue weighted by Gasteiger charge is -2.09. The highest BCUT2D eigenvalue weighted by atomic mass is 35.5. The first-order chi connectivity index (χ1) is 9.20. The van der Waals surface area contributed by atoms with Gasteiger partial charge in [0, 0.05) is 16.3 Å². The molecule has 0 spiro atoms. The van der Waals surface area contributed by atoms with Gasteiger partial charge in [-0.25, -0.2) is 0 Å². The van der Waals surface area contributed by atoms with Gasteiger partial charge in [0.1, 0.15) is 0 Å². The van der Waals surface area contributed by atoms with E-state index in [0.29, 0.717) is 16.3 Å². The second-order valence-electron chi connectivity index (χ2n) is 4.13. The Kier molecular flexibility index (Phi) is 4.55. The van der Waals surface area contributed by atoms with Gasteiger partial charge in [-0.15, -0.1) is 0 Å². The smallest absolute Gasteiger partial charge is 0.228 e. The van der Waals surface area contributed by atoms with Crippen molar-refractivity contribution in [2.24, 2.45) is 0 Å². The highest BCUT2D eigenvalue weighted by Crippen LogP contribution is 2.18. The first-order valence-corrected chi connectivity index (χ1v) is 6.30. The van der Waals surface area contributed by atoms with E-state index in [-0.39, 0.29) is 18.9 Å². The fourth-order valence-corrected chi connectivity index (χ4v) is 1.99. The van der Waals surface area contributed by atoms with Gasteiger partial charge in [0.25, 0.3) is 0 Å². The summed E-state index contributed by atoms with van der Waals surface area (Å²) in [6.45, 7) is -0.109. The van der Waals surface area contributed by atoms with Gasteiger partial charge in [0.05, 0.1) is 13.0 Å². The highest BCUT2D eigenvalue weighted by molar-refractivity contribution is 6.31. The zero-order chi connectivity index (χ0) is 13.7. The van der Waals surface area contributed by atoms with E-state index in [1.807, 2.05) is 30.3 Å². The molecule has 0 aromatic heterocycles. The van der Waals surface area contributed by atoms with Crippen LogP contribution in [0.5, 0.6) is 0 Å². The molecule has 0 saturated heterocycles. The summed E-state index contributed by atoms with van der Waals surface area (Å²) < 4.78 is 0. The lowest BCUT2D eigenvalue weighted by molar-refractivity contribution is -0.115. The maximum absolute atomic E-state index is 12.0. The summed E-state index contributed by atoms with van der Waals surface area (Å²) in [5, 5.41) is 12.5. The Morgan fingerprint density at radius 1 is 1.05 bits per heavy atom. The molecule has 2 aromatic carbocycles. The third-order valence-corrected chi connectivity index (χ3v) is 3.14. The Morgan fingerprint density at radius 3 is 2.37 bits per heavy atom. The molecule has 2 aromatic rings. The van der Waals surface area contributed by atoms with E-state index in [9.17, 15) is 9.90 Å². The van der Waals surface area contributed by atoms with Crippen LogP contribution in [0.3, 0.4) is 0 Å². The minimum Gasteiger partial charge on any atom is -0.392 e. The second-order valence-corrected chi connectivity index (χ2v) is 4.54. The van der Waals surface area contributed by atoms with Crippen LogP contribution in [0.15, 0.2) is 48.5 Å². The molecule has 2 N–H and O–H groups in total. The maximum atomic E-state index is 12.0. The molecule has 0 saturated carbocycles. The number of para-hydroxylation sites is 1. The van der Waals surface area contributed by atoms with Gasteiger partial charge in [-0.3, -0.25) is 4.79 Å². The zero-order valence-electron chi connectivity index (χ0n) is 10.3. The fraction of sp³-hybridized carbons (Fsp3) is 0.133. The van der Waals surface area contributed by atoms with E-state index < -0.39 is 0 Å². The lowest BCUT2D eigenvalue weighted by Crippen LogP contribution is -2.15. The predicted molar refractivity (Wildman–Crippen MR) is 76.2 cm³/mol. The molecule has 0 atom stereocenters. The normalized spacial score (nSPS) is 10.2. The van der Waals surface area contributed by atoms with Crippen molar-refractivity contribution in [2.45, 2.75) is 13.0 Å². The van der Waals surface area contributed by atoms with E-state index in [4.69, 9.17) is 11.6 Å². The van der Waals surface area contributed by atoms with Gasteiger partial charge >= 0.3 is 0 Å². The molecule has 0 aliphatic carbocycles. The molecule has 0 aliphatic heterocycles. The number of nitrogens with one attached hydrogen (secondary N) is 1. The number of amides is 1. The second kappa shape index (κ2) is 6.36. The third kappa shape index (κ3) is 3.56. The van der Waals surface area contributed by atoms with Gasteiger partial charge < -0.3 is 10.4 Å². The van der Waals surface area contributed by atoms with E-state index in [2.05, 4.69) is 5.32 Å². The number of halogens is 1. The van der Waals surface area contributed by atoms with Crippen LogP contribution in [-0.4, -0.2) is 11.0 Å². The van der Waals surface area contributed by atoms with Crippen LogP contribution in [0.25, 0.3) is 0 Å². The van der Waals surface area contributed by atoms with Crippen molar-refractivity contribution in [3.05, 3.63) is 64.7 Å². The van der Waals surface area contributed by atoms with Crippen molar-refractivity contribution >= 4 is 23.2 Å². The maximum Gasteiger partial charge on any atom is 0.228 e. The Balaban J connectivity index is 2.08. The summed E-state index contributed by atoms with van der Waals surface area (Å²) in [5.74, 6) is -0.158. The number of hydrogen-bond donors (Lipinski definition) is 2. The van der Waals surface area contributed by atoms with Gasteiger partial charge in [0.15, 0.2) is 0 Å². The van der Waals surface area contributed by atoms with Gasteiger partial charge in [-0.05, 0) is 17.7 Å². The Morgan fingerprint density at radius 2 is 1.68 bits per heavy atom. The molecular weight excluding hydrogens is 262 g/mol. The van der Waals surface area contributed by atoms with Crippen molar-refractivity contribution in [1.82, 2.24) is 0 Å². The average Bonchev–Trinajstić information content (AvgIpc) is 2.42. The number of benzene rings is 2. The predicted octanol–water partition coefficient (Wildman–Crippen LogP) is 3.01. The van der Waals surface area contributed by atoms with Crippen molar-refractivity contribution in [3.63, 3.8) is 0 Å². The van der Waals surface area contributed by atoms with Crippen molar-refractivity contribution < 1.29 is 9.90 Å². The number of carbonyl (C=O) groups excluding carboxylic acids is 1. The van der Waals surface area contributed by atoms with Crippen molar-refractivity contribution in [1.29, 1.82) is 0 Å². The first-order valence-electron chi connectivity index (χ1n) is 5.92. The standard InChI is InChI=1S/C15H14ClNO2/c16-13-7-3-1-5-11(13)9-15(19)17-14-8-4-2-6-12(14)10-18/h1-8,18H,9-10H2,(H,17,19). The molecule has 0 fully saturated rings. The first kappa shape index (κ1) is 13.6. The quantitative estimate of drug-likeness (QED) is 0.901. The average molecular weight is 276 g/mol. The van der Waals surface area contributed by atoms with E-state index in [1.165, 1.54) is 0 Å². The van der Waals surface area contributed by atoms with Crippen LogP contribution in [0.2, 0.25) is 5.02 Å². The number of hydrogen-bond acceptors (Lipinski definition) is 2. The summed E-state index contributed by atoms with van der Waals surface area (Å²) in [5.41, 5.74) is 2.10. The molecule has 0 radical (unpaired) electrons. The SMILES string of the molecule is O=C(Cc1ccccc1Cl)Nc1ccccc1CO. The summed E-state index contributed by atoms with van der Waals surface area (Å²) >= 11 is 6.01.